The number of aromatic nitrogens is 2. The predicted molar refractivity (Wildman–Crippen MR) is 77.8 cm³/mol. The number of hydrogen-bond acceptors (Lipinski definition) is 3. The average molecular weight is 261 g/mol. The van der Waals surface area contributed by atoms with Crippen LogP contribution in [0.4, 0.5) is 5.82 Å². The van der Waals surface area contributed by atoms with E-state index >= 15 is 0 Å². The van der Waals surface area contributed by atoms with Gasteiger partial charge in [-0.2, -0.15) is 5.10 Å². The van der Waals surface area contributed by atoms with E-state index in [0.717, 1.165) is 35.9 Å². The fraction of sp³-hybridized carbons (Fsp3) is 0.357. The second-order valence-electron chi connectivity index (χ2n) is 4.14. The fourth-order valence-corrected chi connectivity index (χ4v) is 2.59. The summed E-state index contributed by atoms with van der Waals surface area (Å²) in [4.78, 5) is 1.09. The van der Waals surface area contributed by atoms with Crippen molar-refractivity contribution < 1.29 is 0 Å². The Bertz CT molecular complexity index is 479. The van der Waals surface area contributed by atoms with E-state index in [1.165, 1.54) is 5.56 Å². The van der Waals surface area contributed by atoms with Crippen LogP contribution in [-0.4, -0.2) is 15.5 Å². The molecule has 0 saturated heterocycles. The molecule has 1 aromatic heterocycles. The Morgan fingerprint density at radius 1 is 1.28 bits per heavy atom. The lowest BCUT2D eigenvalue weighted by Crippen LogP contribution is -2.05. The topological polar surface area (TPSA) is 43.8 Å². The Labute approximate surface area is 112 Å². The van der Waals surface area contributed by atoms with Crippen LogP contribution in [0, 0.1) is 0 Å². The van der Waals surface area contributed by atoms with Gasteiger partial charge in [0, 0.05) is 6.54 Å². The maximum Gasteiger partial charge on any atom is 0.135 e. The summed E-state index contributed by atoms with van der Waals surface area (Å²) in [6.07, 6.45) is 3.99. The predicted octanol–water partition coefficient (Wildman–Crippen LogP) is 3.21. The highest BCUT2D eigenvalue weighted by molar-refractivity contribution is 7.99. The zero-order valence-corrected chi connectivity index (χ0v) is 11.5. The van der Waals surface area contributed by atoms with Gasteiger partial charge >= 0.3 is 0 Å². The lowest BCUT2D eigenvalue weighted by Gasteiger charge is -2.05. The molecule has 0 aliphatic heterocycles. The third-order valence-electron chi connectivity index (χ3n) is 2.82. The molecule has 2 aromatic rings. The molecule has 0 amide bonds. The highest BCUT2D eigenvalue weighted by Gasteiger charge is 2.06. The van der Waals surface area contributed by atoms with Gasteiger partial charge in [0.25, 0.3) is 0 Å². The summed E-state index contributed by atoms with van der Waals surface area (Å²) in [5, 5.41) is 4.34. The van der Waals surface area contributed by atoms with Crippen LogP contribution in [0.3, 0.4) is 0 Å². The van der Waals surface area contributed by atoms with Gasteiger partial charge in [-0.15, -0.1) is 11.8 Å². The van der Waals surface area contributed by atoms with Crippen molar-refractivity contribution in [2.75, 3.05) is 11.5 Å². The number of nitrogens with zero attached hydrogens (tertiary/aromatic N) is 2. The average Bonchev–Trinajstić information content (AvgIpc) is 2.73. The second kappa shape index (κ2) is 6.50. The number of hydrogen-bond donors (Lipinski definition) is 1. The van der Waals surface area contributed by atoms with Crippen LogP contribution in [0.1, 0.15) is 18.9 Å². The number of nitrogen functional groups attached to an aromatic ring is 1. The van der Waals surface area contributed by atoms with E-state index in [1.807, 2.05) is 16.9 Å². The van der Waals surface area contributed by atoms with E-state index in [9.17, 15) is 0 Å². The first-order valence-electron chi connectivity index (χ1n) is 6.29. The van der Waals surface area contributed by atoms with E-state index in [0.29, 0.717) is 0 Å². The van der Waals surface area contributed by atoms with Crippen molar-refractivity contribution in [1.29, 1.82) is 0 Å². The summed E-state index contributed by atoms with van der Waals surface area (Å²) in [5.74, 6) is 1.83. The Kier molecular flexibility index (Phi) is 4.70. The molecule has 0 aliphatic carbocycles. The first kappa shape index (κ1) is 13.0. The lowest BCUT2D eigenvalue weighted by atomic mass is 10.1. The Hall–Kier alpha value is -1.42. The minimum atomic E-state index is 0.801. The van der Waals surface area contributed by atoms with Crippen LogP contribution in [-0.2, 0) is 13.0 Å². The monoisotopic (exact) mass is 261 g/mol. The standard InChI is InChI=1S/C14H19N3S/c1-2-18-13-11-16-17(14(13)15)10-6-9-12-7-4-3-5-8-12/h3-5,7-8,11H,2,6,9-10,15H2,1H3. The first-order chi connectivity index (χ1) is 8.81. The van der Waals surface area contributed by atoms with Crippen molar-refractivity contribution >= 4 is 17.6 Å². The van der Waals surface area contributed by atoms with Crippen LogP contribution >= 0.6 is 11.8 Å². The lowest BCUT2D eigenvalue weighted by molar-refractivity contribution is 0.586. The maximum absolute atomic E-state index is 6.05. The van der Waals surface area contributed by atoms with E-state index in [4.69, 9.17) is 5.73 Å². The van der Waals surface area contributed by atoms with Crippen LogP contribution < -0.4 is 5.73 Å². The van der Waals surface area contributed by atoms with Crippen molar-refractivity contribution in [1.82, 2.24) is 9.78 Å². The Balaban J connectivity index is 1.87. The summed E-state index contributed by atoms with van der Waals surface area (Å²) in [6, 6.07) is 10.5. The zero-order chi connectivity index (χ0) is 12.8. The van der Waals surface area contributed by atoms with Gasteiger partial charge in [0.1, 0.15) is 5.82 Å². The Morgan fingerprint density at radius 3 is 2.78 bits per heavy atom. The van der Waals surface area contributed by atoms with Crippen LogP contribution in [0.25, 0.3) is 0 Å². The van der Waals surface area contributed by atoms with Crippen molar-refractivity contribution in [2.24, 2.45) is 0 Å². The first-order valence-corrected chi connectivity index (χ1v) is 7.28. The molecule has 0 aliphatic rings. The molecule has 0 radical (unpaired) electrons. The summed E-state index contributed by atoms with van der Waals surface area (Å²) >= 11 is 1.74. The van der Waals surface area contributed by atoms with Gasteiger partial charge in [-0.05, 0) is 24.2 Å². The number of nitrogens with two attached hydrogens (primary N) is 1. The van der Waals surface area contributed by atoms with E-state index in [-0.39, 0.29) is 0 Å². The smallest absolute Gasteiger partial charge is 0.135 e. The molecule has 0 saturated carbocycles. The number of thioether (sulfide) groups is 1. The molecule has 18 heavy (non-hydrogen) atoms. The minimum absolute atomic E-state index is 0.801. The van der Waals surface area contributed by atoms with Crippen LogP contribution in [0.15, 0.2) is 41.4 Å². The highest BCUT2D eigenvalue weighted by Crippen LogP contribution is 2.24. The van der Waals surface area contributed by atoms with Crippen molar-refractivity contribution in [3.05, 3.63) is 42.1 Å². The van der Waals surface area contributed by atoms with Crippen molar-refractivity contribution in [2.45, 2.75) is 31.2 Å². The molecule has 3 nitrogen and oxygen atoms in total. The Morgan fingerprint density at radius 2 is 2.06 bits per heavy atom. The van der Waals surface area contributed by atoms with Crippen LogP contribution in [0.2, 0.25) is 0 Å². The third kappa shape index (κ3) is 3.29. The summed E-state index contributed by atoms with van der Waals surface area (Å²) < 4.78 is 1.90. The van der Waals surface area contributed by atoms with E-state index in [2.05, 4.69) is 36.3 Å². The number of anilines is 1. The van der Waals surface area contributed by atoms with Gasteiger partial charge in [-0.25, -0.2) is 4.68 Å². The normalized spacial score (nSPS) is 10.7. The summed E-state index contributed by atoms with van der Waals surface area (Å²) in [5.41, 5.74) is 7.42. The molecule has 1 heterocycles. The van der Waals surface area contributed by atoms with E-state index in [1.54, 1.807) is 11.8 Å². The molecule has 0 atom stereocenters. The summed E-state index contributed by atoms with van der Waals surface area (Å²) in [7, 11) is 0. The molecule has 0 unspecified atom stereocenters. The maximum atomic E-state index is 6.05. The van der Waals surface area contributed by atoms with Gasteiger partial charge in [0.2, 0.25) is 0 Å². The number of aryl methyl sites for hydroxylation is 2. The molecule has 96 valence electrons. The number of benzene rings is 1. The second-order valence-corrected chi connectivity index (χ2v) is 5.45. The summed E-state index contributed by atoms with van der Waals surface area (Å²) in [6.45, 7) is 3.00. The van der Waals surface area contributed by atoms with Crippen molar-refractivity contribution in [3.8, 4) is 0 Å². The van der Waals surface area contributed by atoms with Gasteiger partial charge in [-0.1, -0.05) is 37.3 Å². The molecule has 0 fully saturated rings. The van der Waals surface area contributed by atoms with Gasteiger partial charge in [0.05, 0.1) is 11.1 Å². The van der Waals surface area contributed by atoms with Crippen molar-refractivity contribution in [3.63, 3.8) is 0 Å². The third-order valence-corrected chi connectivity index (χ3v) is 3.74. The largest absolute Gasteiger partial charge is 0.383 e. The van der Waals surface area contributed by atoms with E-state index < -0.39 is 0 Å². The highest BCUT2D eigenvalue weighted by atomic mass is 32.2. The molecular weight excluding hydrogens is 242 g/mol. The van der Waals surface area contributed by atoms with Gasteiger partial charge in [0.15, 0.2) is 0 Å². The molecular formula is C14H19N3S. The molecule has 0 bridgehead atoms. The molecule has 2 rings (SSSR count). The SMILES string of the molecule is CCSc1cnn(CCCc2ccccc2)c1N. The van der Waals surface area contributed by atoms with Gasteiger partial charge in [-0.3, -0.25) is 0 Å². The molecule has 4 heteroatoms. The molecule has 0 spiro atoms. The zero-order valence-electron chi connectivity index (χ0n) is 10.7. The van der Waals surface area contributed by atoms with Crippen LogP contribution in [0.5, 0.6) is 0 Å². The quantitative estimate of drug-likeness (QED) is 0.812. The molecule has 2 N–H and O–H groups in total. The number of rotatable bonds is 6. The fourth-order valence-electron chi connectivity index (χ4n) is 1.90. The van der Waals surface area contributed by atoms with Gasteiger partial charge < -0.3 is 5.73 Å². The minimum Gasteiger partial charge on any atom is -0.383 e. The molecule has 1 aromatic carbocycles.